The lowest BCUT2D eigenvalue weighted by atomic mass is 10.1. The summed E-state index contributed by atoms with van der Waals surface area (Å²) in [5.41, 5.74) is 0.300. The number of piperidine rings is 1. The second kappa shape index (κ2) is 6.52. The fourth-order valence-corrected chi connectivity index (χ4v) is 2.30. The molecule has 1 N–H and O–H groups in total. The standard InChI is InChI=1S/C15H19NO4/c1-11(17)19-14-6-4-3-5-13(14)15(18)20-12-7-9-16(2)10-8-12/h3-6,12H,7-10H2,1-2H3/p+1. The largest absolute Gasteiger partial charge is 0.458 e. The van der Waals surface area contributed by atoms with Crippen molar-refractivity contribution in [2.75, 3.05) is 20.1 Å². The van der Waals surface area contributed by atoms with Gasteiger partial charge in [-0.3, -0.25) is 4.79 Å². The molecule has 1 aliphatic heterocycles. The third-order valence-corrected chi connectivity index (χ3v) is 3.42. The smallest absolute Gasteiger partial charge is 0.342 e. The van der Waals surface area contributed by atoms with E-state index in [1.54, 1.807) is 24.3 Å². The predicted molar refractivity (Wildman–Crippen MR) is 72.8 cm³/mol. The molecule has 0 amide bonds. The van der Waals surface area contributed by atoms with Crippen molar-refractivity contribution in [3.63, 3.8) is 0 Å². The van der Waals surface area contributed by atoms with Crippen LogP contribution in [0.2, 0.25) is 0 Å². The molecule has 1 saturated heterocycles. The van der Waals surface area contributed by atoms with Crippen molar-refractivity contribution in [1.82, 2.24) is 0 Å². The highest BCUT2D eigenvalue weighted by Crippen LogP contribution is 2.20. The minimum atomic E-state index is -0.451. The molecule has 0 unspecified atom stereocenters. The van der Waals surface area contributed by atoms with E-state index in [0.717, 1.165) is 25.9 Å². The van der Waals surface area contributed by atoms with Crippen molar-refractivity contribution >= 4 is 11.9 Å². The van der Waals surface area contributed by atoms with Crippen molar-refractivity contribution in [3.8, 4) is 5.75 Å². The number of quaternary nitrogens is 1. The van der Waals surface area contributed by atoms with E-state index in [1.807, 2.05) is 0 Å². The predicted octanol–water partition coefficient (Wildman–Crippen LogP) is 0.446. The van der Waals surface area contributed by atoms with Crippen molar-refractivity contribution in [2.45, 2.75) is 25.9 Å². The zero-order valence-electron chi connectivity index (χ0n) is 11.8. The Hall–Kier alpha value is -1.88. The highest BCUT2D eigenvalue weighted by Gasteiger charge is 2.24. The van der Waals surface area contributed by atoms with Gasteiger partial charge in [0.15, 0.2) is 0 Å². The summed E-state index contributed by atoms with van der Waals surface area (Å²) in [4.78, 5) is 24.7. The van der Waals surface area contributed by atoms with Crippen LogP contribution < -0.4 is 9.64 Å². The zero-order chi connectivity index (χ0) is 14.5. The number of benzene rings is 1. The Labute approximate surface area is 118 Å². The van der Waals surface area contributed by atoms with Crippen LogP contribution in [0.4, 0.5) is 0 Å². The molecule has 1 aromatic carbocycles. The van der Waals surface area contributed by atoms with E-state index in [1.165, 1.54) is 11.8 Å². The number of ether oxygens (including phenoxy) is 2. The van der Waals surface area contributed by atoms with Gasteiger partial charge in [0.2, 0.25) is 0 Å². The number of carbonyl (C=O) groups is 2. The number of rotatable bonds is 3. The number of para-hydroxylation sites is 1. The van der Waals surface area contributed by atoms with Crippen LogP contribution in [-0.4, -0.2) is 38.2 Å². The topological polar surface area (TPSA) is 57.0 Å². The summed E-state index contributed by atoms with van der Waals surface area (Å²) in [7, 11) is 2.13. The molecular weight excluding hydrogens is 258 g/mol. The molecule has 1 fully saturated rings. The fourth-order valence-electron chi connectivity index (χ4n) is 2.30. The Kier molecular flexibility index (Phi) is 4.74. The van der Waals surface area contributed by atoms with Crippen LogP contribution in [0.15, 0.2) is 24.3 Å². The van der Waals surface area contributed by atoms with Gasteiger partial charge < -0.3 is 14.4 Å². The van der Waals surface area contributed by atoms with E-state index in [4.69, 9.17) is 9.47 Å². The molecule has 1 aromatic rings. The average Bonchev–Trinajstić information content (AvgIpc) is 2.41. The normalized spacial score (nSPS) is 22.1. The number of carbonyl (C=O) groups excluding carboxylic acids is 2. The Balaban J connectivity index is 2.03. The van der Waals surface area contributed by atoms with Gasteiger partial charge in [-0.2, -0.15) is 0 Å². The van der Waals surface area contributed by atoms with Crippen LogP contribution in [0.5, 0.6) is 5.75 Å². The molecule has 20 heavy (non-hydrogen) atoms. The van der Waals surface area contributed by atoms with E-state index in [2.05, 4.69) is 7.05 Å². The summed E-state index contributed by atoms with van der Waals surface area (Å²) < 4.78 is 10.5. The Bertz CT molecular complexity index is 492. The summed E-state index contributed by atoms with van der Waals surface area (Å²) in [6, 6.07) is 6.65. The number of hydrogen-bond acceptors (Lipinski definition) is 4. The number of nitrogens with one attached hydrogen (secondary N) is 1. The second-order valence-corrected chi connectivity index (χ2v) is 5.15. The first kappa shape index (κ1) is 14.5. The highest BCUT2D eigenvalue weighted by atomic mass is 16.6. The fraction of sp³-hybridized carbons (Fsp3) is 0.467. The minimum Gasteiger partial charge on any atom is -0.458 e. The van der Waals surface area contributed by atoms with Crippen LogP contribution in [0.25, 0.3) is 0 Å². The summed E-state index contributed by atoms with van der Waals surface area (Å²) in [5.74, 6) is -0.622. The van der Waals surface area contributed by atoms with Gasteiger partial charge in [-0.05, 0) is 12.1 Å². The summed E-state index contributed by atoms with van der Waals surface area (Å²) in [5, 5.41) is 0. The maximum atomic E-state index is 12.2. The van der Waals surface area contributed by atoms with Crippen molar-refractivity contribution in [1.29, 1.82) is 0 Å². The molecule has 0 radical (unpaired) electrons. The van der Waals surface area contributed by atoms with E-state index in [9.17, 15) is 9.59 Å². The Morgan fingerprint density at radius 3 is 2.50 bits per heavy atom. The van der Waals surface area contributed by atoms with Gasteiger partial charge in [0.05, 0.1) is 20.1 Å². The van der Waals surface area contributed by atoms with Crippen LogP contribution >= 0.6 is 0 Å². The van der Waals surface area contributed by atoms with Crippen LogP contribution in [-0.2, 0) is 9.53 Å². The molecule has 2 rings (SSSR count). The molecular formula is C15H20NO4+. The summed E-state index contributed by atoms with van der Waals surface area (Å²) in [6.07, 6.45) is 1.69. The van der Waals surface area contributed by atoms with Crippen LogP contribution in [0, 0.1) is 0 Å². The SMILES string of the molecule is CC(=O)Oc1ccccc1C(=O)OC1CC[NH+](C)CC1. The molecule has 108 valence electrons. The van der Waals surface area contributed by atoms with E-state index >= 15 is 0 Å². The Morgan fingerprint density at radius 2 is 1.85 bits per heavy atom. The lowest BCUT2D eigenvalue weighted by molar-refractivity contribution is -0.885. The molecule has 0 atom stereocenters. The molecule has 0 aromatic heterocycles. The van der Waals surface area contributed by atoms with Gasteiger partial charge >= 0.3 is 11.9 Å². The maximum Gasteiger partial charge on any atom is 0.342 e. The summed E-state index contributed by atoms with van der Waals surface area (Å²) in [6.45, 7) is 3.31. The van der Waals surface area contributed by atoms with Crippen molar-refractivity contribution < 1.29 is 24.0 Å². The molecule has 0 bridgehead atoms. The van der Waals surface area contributed by atoms with E-state index in [-0.39, 0.29) is 11.9 Å². The van der Waals surface area contributed by atoms with Gasteiger partial charge in [-0.1, -0.05) is 12.1 Å². The Morgan fingerprint density at radius 1 is 1.20 bits per heavy atom. The first-order chi connectivity index (χ1) is 9.56. The second-order valence-electron chi connectivity index (χ2n) is 5.15. The number of esters is 2. The van der Waals surface area contributed by atoms with Gasteiger partial charge in [0.1, 0.15) is 17.4 Å². The lowest BCUT2D eigenvalue weighted by Crippen LogP contribution is -3.10. The van der Waals surface area contributed by atoms with Crippen LogP contribution in [0.1, 0.15) is 30.1 Å². The quantitative estimate of drug-likeness (QED) is 0.644. The monoisotopic (exact) mass is 278 g/mol. The zero-order valence-corrected chi connectivity index (χ0v) is 11.8. The number of likely N-dealkylation sites (tertiary alicyclic amines) is 1. The van der Waals surface area contributed by atoms with Gasteiger partial charge in [0, 0.05) is 19.8 Å². The first-order valence-electron chi connectivity index (χ1n) is 6.86. The number of hydrogen-bond donors (Lipinski definition) is 1. The van der Waals surface area contributed by atoms with E-state index < -0.39 is 11.9 Å². The van der Waals surface area contributed by atoms with E-state index in [0.29, 0.717) is 5.56 Å². The maximum absolute atomic E-state index is 12.2. The first-order valence-corrected chi connectivity index (χ1v) is 6.86. The molecule has 1 aliphatic rings. The van der Waals surface area contributed by atoms with Gasteiger partial charge in [0.25, 0.3) is 0 Å². The lowest BCUT2D eigenvalue weighted by Gasteiger charge is -2.26. The third-order valence-electron chi connectivity index (χ3n) is 3.42. The molecule has 5 heteroatoms. The minimum absolute atomic E-state index is 0.0448. The van der Waals surface area contributed by atoms with Gasteiger partial charge in [-0.15, -0.1) is 0 Å². The summed E-state index contributed by atoms with van der Waals surface area (Å²) >= 11 is 0. The van der Waals surface area contributed by atoms with Crippen molar-refractivity contribution in [3.05, 3.63) is 29.8 Å². The molecule has 0 saturated carbocycles. The molecule has 0 spiro atoms. The third kappa shape index (κ3) is 3.81. The van der Waals surface area contributed by atoms with Crippen molar-refractivity contribution in [2.24, 2.45) is 0 Å². The molecule has 1 heterocycles. The van der Waals surface area contributed by atoms with Crippen LogP contribution in [0.3, 0.4) is 0 Å². The highest BCUT2D eigenvalue weighted by molar-refractivity contribution is 5.93. The molecule has 5 nitrogen and oxygen atoms in total. The molecule has 0 aliphatic carbocycles. The van der Waals surface area contributed by atoms with Gasteiger partial charge in [-0.25, -0.2) is 4.79 Å². The average molecular weight is 278 g/mol.